The Morgan fingerprint density at radius 1 is 1.35 bits per heavy atom. The van der Waals surface area contributed by atoms with Crippen LogP contribution >= 0.6 is 0 Å². The highest BCUT2D eigenvalue weighted by atomic mass is 32.2. The first-order valence-corrected chi connectivity index (χ1v) is 9.93. The van der Waals surface area contributed by atoms with Crippen LogP contribution in [-0.4, -0.2) is 51.3 Å². The van der Waals surface area contributed by atoms with E-state index in [1.165, 1.54) is 10.5 Å². The monoisotopic (exact) mass is 378 g/mol. The van der Waals surface area contributed by atoms with Gasteiger partial charge in [-0.25, -0.2) is 4.79 Å². The Balaban J connectivity index is 2.02. The van der Waals surface area contributed by atoms with Gasteiger partial charge in [-0.05, 0) is 57.7 Å². The van der Waals surface area contributed by atoms with Crippen LogP contribution in [0.2, 0.25) is 0 Å². The van der Waals surface area contributed by atoms with Crippen molar-refractivity contribution < 1.29 is 19.2 Å². The van der Waals surface area contributed by atoms with Crippen molar-refractivity contribution in [2.75, 3.05) is 20.2 Å². The van der Waals surface area contributed by atoms with Gasteiger partial charge in [-0.2, -0.15) is 0 Å². The average Bonchev–Trinajstić information content (AvgIpc) is 2.87. The fourth-order valence-corrected chi connectivity index (χ4v) is 4.43. The van der Waals surface area contributed by atoms with E-state index in [1.807, 2.05) is 39.0 Å². The summed E-state index contributed by atoms with van der Waals surface area (Å²) in [5.41, 5.74) is 2.76. The predicted molar refractivity (Wildman–Crippen MR) is 102 cm³/mol. The van der Waals surface area contributed by atoms with Gasteiger partial charge < -0.3 is 19.3 Å². The van der Waals surface area contributed by atoms with Gasteiger partial charge in [0.15, 0.2) is 0 Å². The third-order valence-electron chi connectivity index (χ3n) is 5.29. The summed E-state index contributed by atoms with van der Waals surface area (Å²) in [5, 5.41) is 9.26. The Morgan fingerprint density at radius 2 is 2.00 bits per heavy atom. The smallest absolute Gasteiger partial charge is 0.407 e. The Labute approximate surface area is 157 Å². The summed E-state index contributed by atoms with van der Waals surface area (Å²) in [5.74, 6) is 0.748. The molecule has 1 amide bonds. The maximum Gasteiger partial charge on any atom is 0.407 e. The van der Waals surface area contributed by atoms with E-state index in [0.717, 1.165) is 23.4 Å². The number of piperidine rings is 1. The Bertz CT molecular complexity index is 734. The van der Waals surface area contributed by atoms with Crippen molar-refractivity contribution in [3.63, 3.8) is 0 Å². The van der Waals surface area contributed by atoms with Gasteiger partial charge in [-0.15, -0.1) is 0 Å². The number of likely N-dealkylation sites (tertiary alicyclic amines) is 1. The molecule has 0 radical (unpaired) electrons. The number of hydrogen-bond acceptors (Lipinski definition) is 4. The highest BCUT2D eigenvalue weighted by Crippen LogP contribution is 2.46. The average molecular weight is 378 g/mol. The second kappa shape index (κ2) is 6.78. The van der Waals surface area contributed by atoms with Gasteiger partial charge in [-0.3, -0.25) is 0 Å². The first-order chi connectivity index (χ1) is 12.2. The molecular weight excluding hydrogens is 352 g/mol. The molecule has 0 saturated carbocycles. The molecular formula is C19H26N2O4S. The van der Waals surface area contributed by atoms with Crippen LogP contribution in [0.1, 0.15) is 44.7 Å². The number of carboxylic acid groups (broad SMARTS) is 1. The maximum atomic E-state index is 12.8. The lowest BCUT2D eigenvalue weighted by molar-refractivity contribution is 0.115. The van der Waals surface area contributed by atoms with Crippen LogP contribution in [0.5, 0.6) is 5.75 Å². The van der Waals surface area contributed by atoms with Crippen LogP contribution in [-0.2, 0) is 17.8 Å². The van der Waals surface area contributed by atoms with Crippen LogP contribution in [0, 0.1) is 5.41 Å². The summed E-state index contributed by atoms with van der Waals surface area (Å²) in [6, 6.07) is 5.94. The fraction of sp³-hybridized carbons (Fsp3) is 0.579. The van der Waals surface area contributed by atoms with E-state index < -0.39 is 22.2 Å². The fourth-order valence-electron chi connectivity index (χ4n) is 3.70. The number of nitrogens with zero attached hydrogens (tertiary/aromatic N) is 2. The van der Waals surface area contributed by atoms with Gasteiger partial charge in [-0.1, -0.05) is 10.5 Å². The van der Waals surface area contributed by atoms with E-state index in [-0.39, 0.29) is 5.41 Å². The Kier molecular flexibility index (Phi) is 4.96. The van der Waals surface area contributed by atoms with Crippen molar-refractivity contribution in [3.05, 3.63) is 29.3 Å². The van der Waals surface area contributed by atoms with Crippen LogP contribution < -0.4 is 4.74 Å². The van der Waals surface area contributed by atoms with Gasteiger partial charge in [0.25, 0.3) is 0 Å². The highest BCUT2D eigenvalue weighted by Gasteiger charge is 2.48. The summed E-state index contributed by atoms with van der Waals surface area (Å²) in [4.78, 5) is 12.7. The number of methoxy groups -OCH3 is 1. The minimum atomic E-state index is -1.37. The molecule has 1 spiro atoms. The summed E-state index contributed by atoms with van der Waals surface area (Å²) in [6.07, 6.45) is 1.31. The molecule has 26 heavy (non-hydrogen) atoms. The lowest BCUT2D eigenvalue weighted by atomic mass is 9.74. The molecule has 1 heterocycles. The molecule has 1 unspecified atom stereocenters. The van der Waals surface area contributed by atoms with E-state index in [1.54, 1.807) is 7.11 Å². The molecule has 1 aromatic rings. The number of rotatable bonds is 2. The number of ether oxygens (including phenoxy) is 1. The number of benzene rings is 1. The quantitative estimate of drug-likeness (QED) is 0.801. The molecule has 7 heteroatoms. The lowest BCUT2D eigenvalue weighted by Gasteiger charge is -2.38. The molecule has 1 aliphatic heterocycles. The molecule has 1 fully saturated rings. The first kappa shape index (κ1) is 19.0. The maximum absolute atomic E-state index is 12.8. The van der Waals surface area contributed by atoms with E-state index in [2.05, 4.69) is 4.40 Å². The summed E-state index contributed by atoms with van der Waals surface area (Å²) in [6.45, 7) is 6.68. The van der Waals surface area contributed by atoms with Crippen molar-refractivity contribution in [1.82, 2.24) is 4.90 Å². The number of carbonyl (C=O) groups is 1. The number of hydrogen-bond donors (Lipinski definition) is 1. The van der Waals surface area contributed by atoms with Crippen molar-refractivity contribution in [3.8, 4) is 5.75 Å². The molecule has 0 bridgehead atoms. The molecule has 1 aliphatic carbocycles. The zero-order chi connectivity index (χ0) is 19.1. The van der Waals surface area contributed by atoms with Gasteiger partial charge in [0, 0.05) is 24.1 Å². The van der Waals surface area contributed by atoms with Crippen molar-refractivity contribution in [2.24, 2.45) is 9.81 Å². The summed E-state index contributed by atoms with van der Waals surface area (Å²) < 4.78 is 22.4. The van der Waals surface area contributed by atoms with E-state index in [0.29, 0.717) is 25.9 Å². The lowest BCUT2D eigenvalue weighted by Crippen LogP contribution is -2.45. The molecule has 1 saturated heterocycles. The normalized spacial score (nSPS) is 21.7. The highest BCUT2D eigenvalue weighted by molar-refractivity contribution is 7.91. The van der Waals surface area contributed by atoms with Gasteiger partial charge in [0.05, 0.1) is 7.11 Å². The van der Waals surface area contributed by atoms with Gasteiger partial charge in [0.2, 0.25) is 0 Å². The van der Waals surface area contributed by atoms with Gasteiger partial charge >= 0.3 is 6.09 Å². The molecule has 1 N–H and O–H groups in total. The standard InChI is InChI=1S/C19H26N2O4S/c1-18(2,3)26(24)20-16-15-11-14(25-4)6-5-13(15)12-19(16)7-9-21(10-8-19)17(22)23/h5-6,11H,7-10,12H2,1-4H3,(H,22,23)/b20-16+. The number of amides is 1. The van der Waals surface area contributed by atoms with E-state index in [9.17, 15) is 14.5 Å². The van der Waals surface area contributed by atoms with Crippen LogP contribution in [0.4, 0.5) is 4.79 Å². The molecule has 1 aromatic carbocycles. The number of fused-ring (bicyclic) bond motifs is 1. The molecule has 6 nitrogen and oxygen atoms in total. The van der Waals surface area contributed by atoms with Crippen molar-refractivity contribution in [1.29, 1.82) is 0 Å². The second-order valence-corrected chi connectivity index (χ2v) is 9.96. The molecule has 142 valence electrons. The zero-order valence-electron chi connectivity index (χ0n) is 15.7. The Morgan fingerprint density at radius 3 is 2.54 bits per heavy atom. The minimum absolute atomic E-state index is 0.248. The predicted octanol–water partition coefficient (Wildman–Crippen LogP) is 3.26. The minimum Gasteiger partial charge on any atom is -0.591 e. The molecule has 0 aromatic heterocycles. The van der Waals surface area contributed by atoms with Crippen LogP contribution in [0.15, 0.2) is 22.6 Å². The molecule has 1 atom stereocenters. The Hall–Kier alpha value is -1.73. The second-order valence-electron chi connectivity index (χ2n) is 8.05. The summed E-state index contributed by atoms with van der Waals surface area (Å²) >= 11 is -1.37. The van der Waals surface area contributed by atoms with Gasteiger partial charge in [0.1, 0.15) is 27.6 Å². The van der Waals surface area contributed by atoms with Crippen LogP contribution in [0.25, 0.3) is 0 Å². The third-order valence-corrected chi connectivity index (χ3v) is 6.69. The molecule has 2 aliphatic rings. The van der Waals surface area contributed by atoms with Crippen LogP contribution in [0.3, 0.4) is 0 Å². The zero-order valence-corrected chi connectivity index (χ0v) is 16.6. The molecule has 3 rings (SSSR count). The van der Waals surface area contributed by atoms with E-state index in [4.69, 9.17) is 4.74 Å². The SMILES string of the molecule is COc1ccc2c(c1)/C(=N\[S+]([O-])C(C)(C)C)C1(CCN(C(=O)O)CC1)C2. The largest absolute Gasteiger partial charge is 0.591 e. The topological polar surface area (TPSA) is 85.2 Å². The first-order valence-electron chi connectivity index (χ1n) is 8.83. The van der Waals surface area contributed by atoms with Crippen molar-refractivity contribution in [2.45, 2.75) is 44.8 Å². The van der Waals surface area contributed by atoms with E-state index >= 15 is 0 Å². The summed E-state index contributed by atoms with van der Waals surface area (Å²) in [7, 11) is 1.63. The van der Waals surface area contributed by atoms with Crippen molar-refractivity contribution >= 4 is 23.2 Å². The third kappa shape index (κ3) is 3.42.